The van der Waals surface area contributed by atoms with Crippen LogP contribution in [0.15, 0.2) is 72.8 Å². The van der Waals surface area contributed by atoms with Crippen LogP contribution in [0.1, 0.15) is 54.2 Å². The molecular weight excluding hydrogens is 438 g/mol. The Morgan fingerprint density at radius 2 is 1.40 bits per heavy atom. The number of aryl methyl sites for hydroxylation is 1. The molecule has 0 saturated carbocycles. The van der Waals surface area contributed by atoms with Gasteiger partial charge in [0.15, 0.2) is 0 Å². The Morgan fingerprint density at radius 3 is 2.09 bits per heavy atom. The number of imide groups is 1. The van der Waals surface area contributed by atoms with Gasteiger partial charge in [0.05, 0.1) is 17.7 Å². The molecule has 3 aromatic rings. The number of carbonyl (C=O) groups excluding carboxylic acids is 3. The summed E-state index contributed by atoms with van der Waals surface area (Å²) in [7, 11) is 0. The molecule has 35 heavy (non-hydrogen) atoms. The molecule has 0 radical (unpaired) electrons. The zero-order valence-corrected chi connectivity index (χ0v) is 19.9. The predicted octanol–water partition coefficient (Wildman–Crippen LogP) is 4.14. The summed E-state index contributed by atoms with van der Waals surface area (Å²) in [5.41, 5.74) is 4.97. The first-order valence-corrected chi connectivity index (χ1v) is 12.1. The average Bonchev–Trinajstić information content (AvgIpc) is 3.02. The molecule has 3 amide bonds. The second-order valence-electron chi connectivity index (χ2n) is 9.29. The molecule has 2 aliphatic rings. The SMILES string of the molecule is Cc1ccccc1CN1CCCN(C(=O)c2ccc(CN3C(=O)c4ccccc4C3=O)cc2)CC1. The van der Waals surface area contributed by atoms with Crippen LogP contribution < -0.4 is 0 Å². The van der Waals surface area contributed by atoms with E-state index < -0.39 is 0 Å². The van der Waals surface area contributed by atoms with Crippen molar-refractivity contribution < 1.29 is 14.4 Å². The minimum absolute atomic E-state index is 0.0232. The van der Waals surface area contributed by atoms with Crippen molar-refractivity contribution in [2.45, 2.75) is 26.4 Å². The van der Waals surface area contributed by atoms with Crippen molar-refractivity contribution >= 4 is 17.7 Å². The Hall–Kier alpha value is -3.77. The van der Waals surface area contributed by atoms with E-state index in [0.29, 0.717) is 23.2 Å². The van der Waals surface area contributed by atoms with Gasteiger partial charge in [-0.3, -0.25) is 24.2 Å². The molecule has 0 spiro atoms. The molecule has 0 bridgehead atoms. The molecular formula is C29H29N3O3. The van der Waals surface area contributed by atoms with Gasteiger partial charge in [-0.05, 0) is 54.3 Å². The molecule has 5 rings (SSSR count). The summed E-state index contributed by atoms with van der Waals surface area (Å²) < 4.78 is 0. The largest absolute Gasteiger partial charge is 0.337 e. The van der Waals surface area contributed by atoms with Crippen LogP contribution in [-0.4, -0.2) is 58.6 Å². The van der Waals surface area contributed by atoms with E-state index in [1.807, 2.05) is 17.0 Å². The number of fused-ring (bicyclic) bond motifs is 1. The van der Waals surface area contributed by atoms with Crippen LogP contribution in [0, 0.1) is 6.92 Å². The third kappa shape index (κ3) is 4.75. The van der Waals surface area contributed by atoms with Gasteiger partial charge in [0.2, 0.25) is 0 Å². The number of carbonyl (C=O) groups is 3. The number of benzene rings is 3. The first-order chi connectivity index (χ1) is 17.0. The topological polar surface area (TPSA) is 60.9 Å². The first kappa shape index (κ1) is 23.0. The second kappa shape index (κ2) is 9.84. The van der Waals surface area contributed by atoms with Gasteiger partial charge in [0.25, 0.3) is 17.7 Å². The summed E-state index contributed by atoms with van der Waals surface area (Å²) in [4.78, 5) is 44.0. The van der Waals surface area contributed by atoms with Crippen LogP contribution in [0.3, 0.4) is 0 Å². The van der Waals surface area contributed by atoms with E-state index >= 15 is 0 Å². The Balaban J connectivity index is 1.20. The summed E-state index contributed by atoms with van der Waals surface area (Å²) in [6, 6.07) is 22.6. The lowest BCUT2D eigenvalue weighted by Crippen LogP contribution is -2.35. The molecule has 0 atom stereocenters. The van der Waals surface area contributed by atoms with Crippen molar-refractivity contribution in [3.63, 3.8) is 0 Å². The zero-order chi connectivity index (χ0) is 24.4. The quantitative estimate of drug-likeness (QED) is 0.529. The highest BCUT2D eigenvalue weighted by molar-refractivity contribution is 6.21. The lowest BCUT2D eigenvalue weighted by Gasteiger charge is -2.23. The lowest BCUT2D eigenvalue weighted by atomic mass is 10.1. The van der Waals surface area contributed by atoms with Gasteiger partial charge in [-0.15, -0.1) is 0 Å². The van der Waals surface area contributed by atoms with Crippen LogP contribution in [0.2, 0.25) is 0 Å². The molecule has 1 fully saturated rings. The zero-order valence-electron chi connectivity index (χ0n) is 19.9. The third-order valence-corrected chi connectivity index (χ3v) is 6.95. The average molecular weight is 468 g/mol. The van der Waals surface area contributed by atoms with Gasteiger partial charge >= 0.3 is 0 Å². The third-order valence-electron chi connectivity index (χ3n) is 6.95. The Morgan fingerprint density at radius 1 is 0.743 bits per heavy atom. The highest BCUT2D eigenvalue weighted by Crippen LogP contribution is 2.24. The summed E-state index contributed by atoms with van der Waals surface area (Å²) in [6.07, 6.45) is 0.940. The van der Waals surface area contributed by atoms with Crippen molar-refractivity contribution in [3.8, 4) is 0 Å². The van der Waals surface area contributed by atoms with Gasteiger partial charge in [0.1, 0.15) is 0 Å². The fourth-order valence-corrected chi connectivity index (χ4v) is 4.86. The van der Waals surface area contributed by atoms with Gasteiger partial charge in [-0.25, -0.2) is 0 Å². The monoisotopic (exact) mass is 467 g/mol. The van der Waals surface area contributed by atoms with E-state index in [2.05, 4.69) is 36.1 Å². The van der Waals surface area contributed by atoms with Crippen LogP contribution in [-0.2, 0) is 13.1 Å². The number of nitrogens with zero attached hydrogens (tertiary/aromatic N) is 3. The van der Waals surface area contributed by atoms with Gasteiger partial charge < -0.3 is 4.90 Å². The van der Waals surface area contributed by atoms with Gasteiger partial charge in [-0.2, -0.15) is 0 Å². The fraction of sp³-hybridized carbons (Fsp3) is 0.276. The summed E-state index contributed by atoms with van der Waals surface area (Å²) >= 11 is 0. The summed E-state index contributed by atoms with van der Waals surface area (Å²) in [5.74, 6) is -0.522. The van der Waals surface area contributed by atoms with Crippen molar-refractivity contribution in [1.29, 1.82) is 0 Å². The highest BCUT2D eigenvalue weighted by atomic mass is 16.2. The first-order valence-electron chi connectivity index (χ1n) is 12.1. The van der Waals surface area contributed by atoms with Crippen molar-refractivity contribution in [3.05, 3.63) is 106 Å². The van der Waals surface area contributed by atoms with E-state index in [-0.39, 0.29) is 24.3 Å². The molecule has 178 valence electrons. The second-order valence-corrected chi connectivity index (χ2v) is 9.29. The van der Waals surface area contributed by atoms with Crippen LogP contribution in [0.25, 0.3) is 0 Å². The normalized spacial score (nSPS) is 16.4. The van der Waals surface area contributed by atoms with E-state index in [0.717, 1.165) is 38.2 Å². The molecule has 1 saturated heterocycles. The Bertz CT molecular complexity index is 1230. The van der Waals surface area contributed by atoms with E-state index in [4.69, 9.17) is 0 Å². The smallest absolute Gasteiger partial charge is 0.261 e. The minimum atomic E-state index is -0.273. The summed E-state index contributed by atoms with van der Waals surface area (Å²) in [5, 5.41) is 0. The lowest BCUT2D eigenvalue weighted by molar-refractivity contribution is 0.0641. The predicted molar refractivity (Wildman–Crippen MR) is 134 cm³/mol. The minimum Gasteiger partial charge on any atom is -0.337 e. The molecule has 2 heterocycles. The van der Waals surface area contributed by atoms with E-state index in [1.165, 1.54) is 16.0 Å². The van der Waals surface area contributed by atoms with E-state index in [9.17, 15) is 14.4 Å². The standard InChI is InChI=1S/C29H29N3O3/c1-21-7-2-3-8-24(21)20-30-15-6-16-31(18-17-30)27(33)23-13-11-22(12-14-23)19-32-28(34)25-9-4-5-10-26(25)29(32)35/h2-5,7-14H,6,15-20H2,1H3. The molecule has 3 aromatic carbocycles. The maximum absolute atomic E-state index is 13.2. The molecule has 6 heteroatoms. The van der Waals surface area contributed by atoms with Gasteiger partial charge in [0, 0.05) is 38.3 Å². The fourth-order valence-electron chi connectivity index (χ4n) is 4.86. The number of amides is 3. The Kier molecular flexibility index (Phi) is 6.47. The highest BCUT2D eigenvalue weighted by Gasteiger charge is 2.35. The molecule has 6 nitrogen and oxygen atoms in total. The summed E-state index contributed by atoms with van der Waals surface area (Å²) in [6.45, 7) is 6.48. The molecule has 2 aliphatic heterocycles. The molecule has 0 N–H and O–H groups in total. The maximum atomic E-state index is 13.2. The van der Waals surface area contributed by atoms with E-state index in [1.54, 1.807) is 36.4 Å². The molecule has 0 unspecified atom stereocenters. The maximum Gasteiger partial charge on any atom is 0.261 e. The number of hydrogen-bond acceptors (Lipinski definition) is 4. The van der Waals surface area contributed by atoms with Crippen LogP contribution in [0.4, 0.5) is 0 Å². The van der Waals surface area contributed by atoms with Crippen molar-refractivity contribution in [2.75, 3.05) is 26.2 Å². The van der Waals surface area contributed by atoms with Gasteiger partial charge in [-0.1, -0.05) is 48.5 Å². The number of rotatable bonds is 5. The molecule has 0 aliphatic carbocycles. The molecule has 0 aromatic heterocycles. The van der Waals surface area contributed by atoms with Crippen LogP contribution in [0.5, 0.6) is 0 Å². The number of hydrogen-bond donors (Lipinski definition) is 0. The van der Waals surface area contributed by atoms with Crippen molar-refractivity contribution in [2.24, 2.45) is 0 Å². The van der Waals surface area contributed by atoms with Crippen LogP contribution >= 0.6 is 0 Å². The van der Waals surface area contributed by atoms with Crippen molar-refractivity contribution in [1.82, 2.24) is 14.7 Å². The Labute approximate surface area is 205 Å².